The molecule has 1 unspecified atom stereocenters. The number of rotatable bonds is 5. The number of pyridine rings is 1. The molecule has 1 N–H and O–H groups in total. The van der Waals surface area contributed by atoms with E-state index in [1.165, 1.54) is 12.8 Å². The van der Waals surface area contributed by atoms with Crippen LogP contribution in [0.5, 0.6) is 0 Å². The van der Waals surface area contributed by atoms with Crippen molar-refractivity contribution in [3.05, 3.63) is 54.2 Å². The quantitative estimate of drug-likeness (QED) is 0.777. The van der Waals surface area contributed by atoms with E-state index in [0.717, 1.165) is 16.9 Å². The highest BCUT2D eigenvalue weighted by Crippen LogP contribution is 2.39. The van der Waals surface area contributed by atoms with Crippen molar-refractivity contribution >= 4 is 11.7 Å². The monoisotopic (exact) mass is 336 g/mol. The molecule has 7 heteroatoms. The lowest BCUT2D eigenvalue weighted by atomic mass is 10.3. The lowest BCUT2D eigenvalue weighted by Gasteiger charge is -2.12. The number of hydrogen-bond acceptors (Lipinski definition) is 4. The maximum Gasteiger partial charge on any atom is 0.250 e. The van der Waals surface area contributed by atoms with Crippen LogP contribution < -0.4 is 5.32 Å². The smallest absolute Gasteiger partial charge is 0.250 e. The summed E-state index contributed by atoms with van der Waals surface area (Å²) in [5.74, 6) is 0.995. The summed E-state index contributed by atoms with van der Waals surface area (Å²) in [7, 11) is 0. The van der Waals surface area contributed by atoms with Gasteiger partial charge in [0.15, 0.2) is 5.82 Å². The Kier molecular flexibility index (Phi) is 3.83. The minimum absolute atomic E-state index is 0.134. The summed E-state index contributed by atoms with van der Waals surface area (Å²) in [6.45, 7) is 3.76. The number of aryl methyl sites for hydroxylation is 1. The SMILES string of the molecule is Cc1cn(-c2cccnc2)nc1NC(=O)C(C)n1ccc(C2CC2)n1. The Bertz CT molecular complexity index is 893. The van der Waals surface area contributed by atoms with Crippen molar-refractivity contribution in [3.8, 4) is 5.69 Å². The van der Waals surface area contributed by atoms with Gasteiger partial charge in [-0.1, -0.05) is 0 Å². The Morgan fingerprint density at radius 2 is 2.16 bits per heavy atom. The lowest BCUT2D eigenvalue weighted by molar-refractivity contribution is -0.119. The Hall–Kier alpha value is -2.96. The molecule has 1 atom stereocenters. The standard InChI is InChI=1S/C18H20N6O/c1-12-11-24(15-4-3-8-19-10-15)22-17(12)20-18(25)13(2)23-9-7-16(21-23)14-5-6-14/h3-4,7-11,13-14H,5-6H2,1-2H3,(H,20,22,25). The number of amides is 1. The van der Waals surface area contributed by atoms with Gasteiger partial charge in [-0.15, -0.1) is 5.10 Å². The molecule has 128 valence electrons. The Labute approximate surface area is 145 Å². The highest BCUT2D eigenvalue weighted by molar-refractivity contribution is 5.93. The second-order valence-electron chi connectivity index (χ2n) is 6.48. The van der Waals surface area contributed by atoms with Gasteiger partial charge in [-0.3, -0.25) is 14.5 Å². The molecule has 3 aromatic rings. The van der Waals surface area contributed by atoms with E-state index in [-0.39, 0.29) is 5.91 Å². The van der Waals surface area contributed by atoms with Gasteiger partial charge in [-0.2, -0.15) is 5.10 Å². The third kappa shape index (κ3) is 3.17. The first kappa shape index (κ1) is 15.6. The van der Waals surface area contributed by atoms with Gasteiger partial charge in [-0.25, -0.2) is 4.68 Å². The molecule has 0 saturated heterocycles. The molecule has 1 fully saturated rings. The molecule has 1 amide bonds. The van der Waals surface area contributed by atoms with Gasteiger partial charge < -0.3 is 5.32 Å². The van der Waals surface area contributed by atoms with Crippen LogP contribution in [0.2, 0.25) is 0 Å². The lowest BCUT2D eigenvalue weighted by Crippen LogP contribution is -2.24. The normalized spacial score (nSPS) is 15.1. The second-order valence-corrected chi connectivity index (χ2v) is 6.48. The van der Waals surface area contributed by atoms with Crippen LogP contribution >= 0.6 is 0 Å². The molecular weight excluding hydrogens is 316 g/mol. The first-order valence-corrected chi connectivity index (χ1v) is 8.44. The van der Waals surface area contributed by atoms with Crippen LogP contribution in [0.3, 0.4) is 0 Å². The van der Waals surface area contributed by atoms with Crippen molar-refractivity contribution in [2.24, 2.45) is 0 Å². The second kappa shape index (κ2) is 6.16. The molecule has 0 aliphatic heterocycles. The average molecular weight is 336 g/mol. The molecule has 1 aliphatic carbocycles. The maximum absolute atomic E-state index is 12.6. The predicted octanol–water partition coefficient (Wildman–Crippen LogP) is 2.85. The number of nitrogens with one attached hydrogen (secondary N) is 1. The maximum atomic E-state index is 12.6. The number of carbonyl (C=O) groups excluding carboxylic acids is 1. The highest BCUT2D eigenvalue weighted by Gasteiger charge is 2.27. The van der Waals surface area contributed by atoms with Gasteiger partial charge >= 0.3 is 0 Å². The Morgan fingerprint density at radius 3 is 2.88 bits per heavy atom. The fourth-order valence-electron chi connectivity index (χ4n) is 2.71. The molecule has 3 heterocycles. The van der Waals surface area contributed by atoms with E-state index in [4.69, 9.17) is 0 Å². The first-order valence-electron chi connectivity index (χ1n) is 8.44. The number of nitrogens with zero attached hydrogens (tertiary/aromatic N) is 5. The minimum Gasteiger partial charge on any atom is -0.307 e. The zero-order valence-electron chi connectivity index (χ0n) is 14.3. The molecule has 7 nitrogen and oxygen atoms in total. The minimum atomic E-state index is -0.393. The number of anilines is 1. The van der Waals surface area contributed by atoms with Crippen molar-refractivity contribution in [2.45, 2.75) is 38.6 Å². The average Bonchev–Trinajstić information content (AvgIpc) is 3.25. The Balaban J connectivity index is 1.49. The zero-order valence-corrected chi connectivity index (χ0v) is 14.3. The van der Waals surface area contributed by atoms with E-state index in [1.54, 1.807) is 21.8 Å². The Morgan fingerprint density at radius 1 is 1.32 bits per heavy atom. The number of carbonyl (C=O) groups is 1. The molecule has 1 saturated carbocycles. The van der Waals surface area contributed by atoms with Crippen LogP contribution in [-0.2, 0) is 4.79 Å². The molecule has 0 bridgehead atoms. The molecule has 0 spiro atoms. The number of hydrogen-bond donors (Lipinski definition) is 1. The summed E-state index contributed by atoms with van der Waals surface area (Å²) >= 11 is 0. The van der Waals surface area contributed by atoms with Crippen molar-refractivity contribution in [1.82, 2.24) is 24.5 Å². The fourth-order valence-corrected chi connectivity index (χ4v) is 2.71. The van der Waals surface area contributed by atoms with Crippen LogP contribution in [-0.4, -0.2) is 30.5 Å². The van der Waals surface area contributed by atoms with Crippen molar-refractivity contribution in [2.75, 3.05) is 5.32 Å². The van der Waals surface area contributed by atoms with Gasteiger partial charge in [0.25, 0.3) is 0 Å². The fraction of sp³-hybridized carbons (Fsp3) is 0.333. The molecule has 4 rings (SSSR count). The van der Waals surface area contributed by atoms with E-state index in [1.807, 2.05) is 44.4 Å². The molecular formula is C18H20N6O. The molecule has 25 heavy (non-hydrogen) atoms. The van der Waals surface area contributed by atoms with Gasteiger partial charge in [0, 0.05) is 30.1 Å². The van der Waals surface area contributed by atoms with E-state index in [0.29, 0.717) is 11.7 Å². The summed E-state index contributed by atoms with van der Waals surface area (Å²) in [5.41, 5.74) is 2.82. The van der Waals surface area contributed by atoms with Gasteiger partial charge in [0.1, 0.15) is 6.04 Å². The van der Waals surface area contributed by atoms with Crippen LogP contribution in [0.25, 0.3) is 5.69 Å². The molecule has 0 aromatic carbocycles. The summed E-state index contributed by atoms with van der Waals surface area (Å²) in [6, 6.07) is 5.37. The summed E-state index contributed by atoms with van der Waals surface area (Å²) in [5, 5.41) is 11.9. The topological polar surface area (TPSA) is 77.6 Å². The highest BCUT2D eigenvalue weighted by atomic mass is 16.2. The van der Waals surface area contributed by atoms with Gasteiger partial charge in [0.2, 0.25) is 5.91 Å². The summed E-state index contributed by atoms with van der Waals surface area (Å²) < 4.78 is 3.43. The third-order valence-corrected chi connectivity index (χ3v) is 4.45. The van der Waals surface area contributed by atoms with E-state index >= 15 is 0 Å². The first-order chi connectivity index (χ1) is 12.1. The number of aromatic nitrogens is 5. The molecule has 0 radical (unpaired) electrons. The van der Waals surface area contributed by atoms with E-state index < -0.39 is 6.04 Å². The largest absolute Gasteiger partial charge is 0.307 e. The van der Waals surface area contributed by atoms with Crippen LogP contribution in [0, 0.1) is 6.92 Å². The molecule has 3 aromatic heterocycles. The van der Waals surface area contributed by atoms with Crippen molar-refractivity contribution in [1.29, 1.82) is 0 Å². The molecule has 1 aliphatic rings. The van der Waals surface area contributed by atoms with E-state index in [9.17, 15) is 4.79 Å². The van der Waals surface area contributed by atoms with Gasteiger partial charge in [0.05, 0.1) is 17.6 Å². The van der Waals surface area contributed by atoms with Crippen LogP contribution in [0.15, 0.2) is 43.0 Å². The van der Waals surface area contributed by atoms with Crippen molar-refractivity contribution in [3.63, 3.8) is 0 Å². The summed E-state index contributed by atoms with van der Waals surface area (Å²) in [6.07, 6.45) is 9.58. The van der Waals surface area contributed by atoms with Crippen molar-refractivity contribution < 1.29 is 4.79 Å². The van der Waals surface area contributed by atoms with Crippen LogP contribution in [0.1, 0.15) is 43.0 Å². The van der Waals surface area contributed by atoms with Gasteiger partial charge in [-0.05, 0) is 44.9 Å². The zero-order chi connectivity index (χ0) is 17.4. The predicted molar refractivity (Wildman–Crippen MR) is 93.6 cm³/mol. The van der Waals surface area contributed by atoms with Crippen LogP contribution in [0.4, 0.5) is 5.82 Å². The third-order valence-electron chi connectivity index (χ3n) is 4.45. The van der Waals surface area contributed by atoms with E-state index in [2.05, 4.69) is 20.5 Å². The summed E-state index contributed by atoms with van der Waals surface area (Å²) in [4.78, 5) is 16.7.